The molecule has 0 unspecified atom stereocenters. The quantitative estimate of drug-likeness (QED) is 0.377. The van der Waals surface area contributed by atoms with Crippen LogP contribution in [0, 0.1) is 0 Å². The normalized spacial score (nSPS) is 18.4. The van der Waals surface area contributed by atoms with Crippen molar-refractivity contribution in [3.8, 4) is 0 Å². The molecule has 1 aromatic heterocycles. The second kappa shape index (κ2) is 5.97. The first-order valence-electron chi connectivity index (χ1n) is 6.54. The van der Waals surface area contributed by atoms with Gasteiger partial charge in [0.25, 0.3) is 0 Å². The van der Waals surface area contributed by atoms with Crippen molar-refractivity contribution < 1.29 is 5.21 Å². The first-order chi connectivity index (χ1) is 9.46. The van der Waals surface area contributed by atoms with E-state index in [-0.39, 0.29) is 5.84 Å². The van der Waals surface area contributed by atoms with Crippen LogP contribution in [0.3, 0.4) is 0 Å². The van der Waals surface area contributed by atoms with E-state index in [4.69, 9.17) is 10.9 Å². The zero-order chi connectivity index (χ0) is 14.8. The molecule has 0 saturated carbocycles. The molecule has 0 spiro atoms. The van der Waals surface area contributed by atoms with Gasteiger partial charge in [-0.15, -0.1) is 0 Å². The molecular weight excluding hydrogens is 322 g/mol. The smallest absolute Gasteiger partial charge is 0.159 e. The minimum atomic E-state index is -0.434. The molecule has 0 atom stereocenters. The summed E-state index contributed by atoms with van der Waals surface area (Å²) in [6.45, 7) is 7.45. The number of hydrogen-bond donors (Lipinski definition) is 2. The van der Waals surface area contributed by atoms with Gasteiger partial charge in [0.15, 0.2) is 5.84 Å². The van der Waals surface area contributed by atoms with Gasteiger partial charge in [0.1, 0.15) is 0 Å². The molecule has 1 saturated heterocycles. The van der Waals surface area contributed by atoms with E-state index < -0.39 is 5.54 Å². The lowest BCUT2D eigenvalue weighted by molar-refractivity contribution is 0.161. The fourth-order valence-electron chi connectivity index (χ4n) is 2.42. The maximum absolute atomic E-state index is 8.88. The Morgan fingerprint density at radius 1 is 1.40 bits per heavy atom. The van der Waals surface area contributed by atoms with Crippen LogP contribution in [-0.2, 0) is 0 Å². The molecule has 0 aliphatic carbocycles. The molecule has 1 fully saturated rings. The topological polar surface area (TPSA) is 78.0 Å². The Hall–Kier alpha value is -1.34. The maximum atomic E-state index is 8.88. The summed E-state index contributed by atoms with van der Waals surface area (Å²) in [5.74, 6) is 0.246. The average molecular weight is 342 g/mol. The number of anilines is 1. The number of nitrogens with two attached hydrogens (primary N) is 1. The largest absolute Gasteiger partial charge is 0.409 e. The van der Waals surface area contributed by atoms with E-state index in [2.05, 4.69) is 35.9 Å². The third kappa shape index (κ3) is 2.88. The van der Waals surface area contributed by atoms with Gasteiger partial charge in [-0.1, -0.05) is 5.16 Å². The molecule has 1 aromatic rings. The molecule has 0 bridgehead atoms. The predicted octanol–water partition coefficient (Wildman–Crippen LogP) is 1.49. The first-order valence-corrected chi connectivity index (χ1v) is 7.33. The fraction of sp³-hybridized carbons (Fsp3) is 0.538. The van der Waals surface area contributed by atoms with Crippen molar-refractivity contribution in [1.29, 1.82) is 0 Å². The summed E-state index contributed by atoms with van der Waals surface area (Å²) in [4.78, 5) is 8.62. The molecular formula is C13H20BrN5O. The van der Waals surface area contributed by atoms with Crippen LogP contribution in [0.5, 0.6) is 0 Å². The zero-order valence-corrected chi connectivity index (χ0v) is 13.3. The molecule has 3 N–H and O–H groups in total. The van der Waals surface area contributed by atoms with Gasteiger partial charge in [0.2, 0.25) is 0 Å². The number of oxime groups is 1. The Morgan fingerprint density at radius 3 is 2.60 bits per heavy atom. The van der Waals surface area contributed by atoms with E-state index in [0.717, 1.165) is 36.3 Å². The standard InChI is InChI=1S/C13H20BrN5O/c1-13(2,12(15)17-20)19-7-5-18(6-8-19)11-3-4-16-9-10(11)14/h3-4,9,20H,5-8H2,1-2H3,(H2,15,17). The van der Waals surface area contributed by atoms with Crippen molar-refractivity contribution >= 4 is 27.5 Å². The third-order valence-electron chi connectivity index (χ3n) is 3.90. The van der Waals surface area contributed by atoms with Crippen molar-refractivity contribution in [3.05, 3.63) is 22.9 Å². The molecule has 2 rings (SSSR count). The van der Waals surface area contributed by atoms with Crippen LogP contribution in [-0.4, -0.2) is 52.6 Å². The summed E-state index contributed by atoms with van der Waals surface area (Å²) in [6.07, 6.45) is 3.61. The Kier molecular flexibility index (Phi) is 4.49. The summed E-state index contributed by atoms with van der Waals surface area (Å²) >= 11 is 3.53. The van der Waals surface area contributed by atoms with Gasteiger partial charge < -0.3 is 15.8 Å². The van der Waals surface area contributed by atoms with Gasteiger partial charge >= 0.3 is 0 Å². The third-order valence-corrected chi connectivity index (χ3v) is 4.51. The van der Waals surface area contributed by atoms with E-state index >= 15 is 0 Å². The number of rotatable bonds is 3. The minimum absolute atomic E-state index is 0.246. The summed E-state index contributed by atoms with van der Waals surface area (Å²) in [5, 5.41) is 12.0. The van der Waals surface area contributed by atoms with E-state index in [9.17, 15) is 0 Å². The summed E-state index contributed by atoms with van der Waals surface area (Å²) < 4.78 is 1.00. The number of piperazine rings is 1. The molecule has 0 radical (unpaired) electrons. The van der Waals surface area contributed by atoms with Gasteiger partial charge in [-0.25, -0.2) is 0 Å². The average Bonchev–Trinajstić information content (AvgIpc) is 2.47. The molecule has 1 aliphatic rings. The monoisotopic (exact) mass is 341 g/mol. The number of hydrogen-bond acceptors (Lipinski definition) is 5. The Morgan fingerprint density at radius 2 is 2.05 bits per heavy atom. The molecule has 0 amide bonds. The highest BCUT2D eigenvalue weighted by Crippen LogP contribution is 2.27. The summed E-state index contributed by atoms with van der Waals surface area (Å²) in [7, 11) is 0. The van der Waals surface area contributed by atoms with E-state index in [1.165, 1.54) is 0 Å². The molecule has 20 heavy (non-hydrogen) atoms. The number of pyridine rings is 1. The summed E-state index contributed by atoms with van der Waals surface area (Å²) in [6, 6.07) is 2.01. The van der Waals surface area contributed by atoms with Crippen molar-refractivity contribution in [3.63, 3.8) is 0 Å². The van der Waals surface area contributed by atoms with Crippen molar-refractivity contribution in [2.75, 3.05) is 31.1 Å². The van der Waals surface area contributed by atoms with Crippen molar-refractivity contribution in [2.24, 2.45) is 10.9 Å². The van der Waals surface area contributed by atoms with E-state index in [0.29, 0.717) is 0 Å². The van der Waals surface area contributed by atoms with E-state index in [1.54, 1.807) is 6.20 Å². The van der Waals surface area contributed by atoms with Crippen LogP contribution in [0.4, 0.5) is 5.69 Å². The number of nitrogens with zero attached hydrogens (tertiary/aromatic N) is 4. The molecule has 0 aromatic carbocycles. The predicted molar refractivity (Wildman–Crippen MR) is 83.2 cm³/mol. The number of aromatic nitrogens is 1. The maximum Gasteiger partial charge on any atom is 0.159 e. The van der Waals surface area contributed by atoms with E-state index in [1.807, 2.05) is 26.1 Å². The van der Waals surface area contributed by atoms with Gasteiger partial charge in [0.05, 0.1) is 15.7 Å². The number of halogens is 1. The Labute approximate surface area is 127 Å². The van der Waals surface area contributed by atoms with Crippen LogP contribution in [0.25, 0.3) is 0 Å². The molecule has 6 nitrogen and oxygen atoms in total. The molecule has 1 aliphatic heterocycles. The van der Waals surface area contributed by atoms with Crippen molar-refractivity contribution in [1.82, 2.24) is 9.88 Å². The van der Waals surface area contributed by atoms with Crippen LogP contribution in [0.2, 0.25) is 0 Å². The lowest BCUT2D eigenvalue weighted by Crippen LogP contribution is -2.59. The summed E-state index contributed by atoms with van der Waals surface area (Å²) in [5.41, 5.74) is 6.50. The minimum Gasteiger partial charge on any atom is -0.409 e. The van der Waals surface area contributed by atoms with Crippen LogP contribution < -0.4 is 10.6 Å². The first kappa shape index (κ1) is 15.1. The second-order valence-corrected chi connectivity index (χ2v) is 6.20. The Balaban J connectivity index is 2.05. The van der Waals surface area contributed by atoms with Crippen LogP contribution in [0.1, 0.15) is 13.8 Å². The lowest BCUT2D eigenvalue weighted by Gasteiger charge is -2.44. The highest BCUT2D eigenvalue weighted by Gasteiger charge is 2.34. The fourth-order valence-corrected chi connectivity index (χ4v) is 2.92. The highest BCUT2D eigenvalue weighted by molar-refractivity contribution is 9.10. The van der Waals surface area contributed by atoms with Crippen molar-refractivity contribution in [2.45, 2.75) is 19.4 Å². The Bertz CT molecular complexity index is 497. The van der Waals surface area contributed by atoms with Gasteiger partial charge in [-0.05, 0) is 35.8 Å². The SMILES string of the molecule is CC(C)(/C(N)=N/O)N1CCN(c2ccncc2Br)CC1. The molecule has 7 heteroatoms. The molecule has 2 heterocycles. The van der Waals surface area contributed by atoms with Crippen LogP contribution >= 0.6 is 15.9 Å². The highest BCUT2D eigenvalue weighted by atomic mass is 79.9. The van der Waals surface area contributed by atoms with Gasteiger partial charge in [-0.2, -0.15) is 0 Å². The lowest BCUT2D eigenvalue weighted by atomic mass is 10.00. The van der Waals surface area contributed by atoms with Crippen LogP contribution in [0.15, 0.2) is 28.1 Å². The van der Waals surface area contributed by atoms with Gasteiger partial charge in [-0.3, -0.25) is 9.88 Å². The van der Waals surface area contributed by atoms with Gasteiger partial charge in [0, 0.05) is 38.6 Å². The zero-order valence-electron chi connectivity index (χ0n) is 11.8. The second-order valence-electron chi connectivity index (χ2n) is 5.35. The number of amidine groups is 1. The molecule has 110 valence electrons.